The van der Waals surface area contributed by atoms with Crippen LogP contribution >= 0.6 is 0 Å². The zero-order valence-electron chi connectivity index (χ0n) is 18.9. The van der Waals surface area contributed by atoms with Crippen molar-refractivity contribution in [2.24, 2.45) is 0 Å². The van der Waals surface area contributed by atoms with E-state index in [1.165, 1.54) is 4.90 Å². The molecule has 0 bridgehead atoms. The second kappa shape index (κ2) is 9.05. The molecule has 8 nitrogen and oxygen atoms in total. The van der Waals surface area contributed by atoms with Gasteiger partial charge in [-0.2, -0.15) is 0 Å². The molecule has 0 spiro atoms. The highest BCUT2D eigenvalue weighted by molar-refractivity contribution is 6.02. The number of amides is 3. The molecule has 0 saturated carbocycles. The van der Waals surface area contributed by atoms with E-state index in [0.717, 1.165) is 50.1 Å². The van der Waals surface area contributed by atoms with Gasteiger partial charge in [-0.25, -0.2) is 0 Å². The van der Waals surface area contributed by atoms with E-state index < -0.39 is 0 Å². The SMILES string of the molecule is COc1ccc2c(CCNC=O)c(-c3[nH]c4ccccc4c3CCN3C(=O)CCC3=O)[nH]c2c1. The summed E-state index contributed by atoms with van der Waals surface area (Å²) in [5.74, 6) is 0.537. The van der Waals surface area contributed by atoms with Crippen molar-refractivity contribution in [1.82, 2.24) is 20.2 Å². The number of benzene rings is 2. The molecule has 34 heavy (non-hydrogen) atoms. The third-order valence-corrected chi connectivity index (χ3v) is 6.52. The first kappa shape index (κ1) is 21.8. The maximum atomic E-state index is 12.2. The lowest BCUT2D eigenvalue weighted by atomic mass is 10.0. The van der Waals surface area contributed by atoms with Crippen LogP contribution in [-0.2, 0) is 27.2 Å². The van der Waals surface area contributed by atoms with Gasteiger partial charge < -0.3 is 20.0 Å². The summed E-state index contributed by atoms with van der Waals surface area (Å²) < 4.78 is 5.41. The molecule has 2 aromatic heterocycles. The largest absolute Gasteiger partial charge is 0.497 e. The Kier molecular flexibility index (Phi) is 5.79. The lowest BCUT2D eigenvalue weighted by Crippen LogP contribution is -2.31. The average molecular weight is 459 g/mol. The number of fused-ring (bicyclic) bond motifs is 2. The van der Waals surface area contributed by atoms with Gasteiger partial charge >= 0.3 is 0 Å². The zero-order chi connectivity index (χ0) is 23.7. The number of ether oxygens (including phenoxy) is 1. The number of hydrogen-bond acceptors (Lipinski definition) is 4. The summed E-state index contributed by atoms with van der Waals surface area (Å²) >= 11 is 0. The predicted octanol–water partition coefficient (Wildman–Crippen LogP) is 3.30. The minimum Gasteiger partial charge on any atom is -0.497 e. The number of aromatic nitrogens is 2. The van der Waals surface area contributed by atoms with Gasteiger partial charge in [0.05, 0.1) is 18.5 Å². The molecular weight excluding hydrogens is 432 g/mol. The van der Waals surface area contributed by atoms with Crippen LogP contribution < -0.4 is 10.1 Å². The Bertz CT molecular complexity index is 1380. The van der Waals surface area contributed by atoms with Crippen molar-refractivity contribution in [1.29, 1.82) is 0 Å². The summed E-state index contributed by atoms with van der Waals surface area (Å²) in [6.07, 6.45) is 2.46. The monoisotopic (exact) mass is 458 g/mol. The fourth-order valence-electron chi connectivity index (χ4n) is 4.86. The maximum Gasteiger partial charge on any atom is 0.229 e. The number of nitrogens with one attached hydrogen (secondary N) is 3. The number of H-pyrrole nitrogens is 2. The first-order valence-corrected chi connectivity index (χ1v) is 11.4. The van der Waals surface area contributed by atoms with Crippen LogP contribution in [0, 0.1) is 0 Å². The summed E-state index contributed by atoms with van der Waals surface area (Å²) in [6, 6.07) is 13.9. The van der Waals surface area contributed by atoms with E-state index in [-0.39, 0.29) is 24.7 Å². The van der Waals surface area contributed by atoms with Crippen LogP contribution in [0.1, 0.15) is 24.0 Å². The molecule has 3 heterocycles. The molecule has 4 aromatic rings. The Morgan fingerprint density at radius 3 is 2.35 bits per heavy atom. The Labute approximate surface area is 196 Å². The third-order valence-electron chi connectivity index (χ3n) is 6.52. The van der Waals surface area contributed by atoms with Crippen LogP contribution in [0.2, 0.25) is 0 Å². The number of imide groups is 1. The summed E-state index contributed by atoms with van der Waals surface area (Å²) in [5, 5.41) is 4.87. The number of rotatable bonds is 9. The molecule has 1 aliphatic rings. The lowest BCUT2D eigenvalue weighted by molar-refractivity contribution is -0.138. The van der Waals surface area contributed by atoms with Crippen LogP contribution in [0.3, 0.4) is 0 Å². The van der Waals surface area contributed by atoms with E-state index in [2.05, 4.69) is 21.4 Å². The highest BCUT2D eigenvalue weighted by Gasteiger charge is 2.29. The number of carbonyl (C=O) groups excluding carboxylic acids is 3. The van der Waals surface area contributed by atoms with Gasteiger partial charge in [-0.15, -0.1) is 0 Å². The smallest absolute Gasteiger partial charge is 0.229 e. The van der Waals surface area contributed by atoms with E-state index in [0.29, 0.717) is 32.3 Å². The van der Waals surface area contributed by atoms with Crippen LogP contribution in [0.25, 0.3) is 33.2 Å². The summed E-state index contributed by atoms with van der Waals surface area (Å²) in [5.41, 5.74) is 5.90. The number of aromatic amines is 2. The minimum atomic E-state index is -0.107. The van der Waals surface area contributed by atoms with Crippen LogP contribution in [0.5, 0.6) is 5.75 Å². The molecule has 174 valence electrons. The molecule has 3 N–H and O–H groups in total. The van der Waals surface area contributed by atoms with Crippen molar-refractivity contribution in [3.63, 3.8) is 0 Å². The highest BCUT2D eigenvalue weighted by atomic mass is 16.5. The topological polar surface area (TPSA) is 107 Å². The van der Waals surface area contributed by atoms with Crippen LogP contribution in [0.4, 0.5) is 0 Å². The number of methoxy groups -OCH3 is 1. The van der Waals surface area contributed by atoms with E-state index in [1.54, 1.807) is 7.11 Å². The first-order valence-electron chi connectivity index (χ1n) is 11.4. The molecule has 3 amide bonds. The van der Waals surface area contributed by atoms with Gasteiger partial charge in [-0.05, 0) is 42.2 Å². The van der Waals surface area contributed by atoms with Crippen LogP contribution in [0.15, 0.2) is 42.5 Å². The van der Waals surface area contributed by atoms with Gasteiger partial charge in [0.15, 0.2) is 0 Å². The number of para-hydroxylation sites is 1. The first-order chi connectivity index (χ1) is 16.6. The molecule has 0 unspecified atom stereocenters. The van der Waals surface area contributed by atoms with Gasteiger partial charge in [0.2, 0.25) is 18.2 Å². The van der Waals surface area contributed by atoms with Crippen LogP contribution in [-0.4, -0.2) is 53.3 Å². The maximum absolute atomic E-state index is 12.2. The van der Waals surface area contributed by atoms with Crippen molar-refractivity contribution < 1.29 is 19.1 Å². The average Bonchev–Trinajstić information content (AvgIpc) is 3.50. The number of likely N-dealkylation sites (tertiary alicyclic amines) is 1. The Hall–Kier alpha value is -4.07. The minimum absolute atomic E-state index is 0.107. The second-order valence-electron chi connectivity index (χ2n) is 8.43. The van der Waals surface area contributed by atoms with Gasteiger partial charge in [0.25, 0.3) is 0 Å². The zero-order valence-corrected chi connectivity index (χ0v) is 18.9. The van der Waals surface area contributed by atoms with Gasteiger partial charge in [-0.3, -0.25) is 19.3 Å². The lowest BCUT2D eigenvalue weighted by Gasteiger charge is -2.14. The van der Waals surface area contributed by atoms with Gasteiger partial charge in [0, 0.05) is 53.8 Å². The van der Waals surface area contributed by atoms with E-state index in [4.69, 9.17) is 4.74 Å². The normalized spacial score (nSPS) is 13.9. The van der Waals surface area contributed by atoms with Crippen molar-refractivity contribution in [3.05, 3.63) is 53.6 Å². The van der Waals surface area contributed by atoms with E-state index >= 15 is 0 Å². The van der Waals surface area contributed by atoms with E-state index in [1.807, 2.05) is 36.4 Å². The molecule has 0 radical (unpaired) electrons. The highest BCUT2D eigenvalue weighted by Crippen LogP contribution is 2.37. The Balaban J connectivity index is 1.63. The molecule has 2 aromatic carbocycles. The fourth-order valence-corrected chi connectivity index (χ4v) is 4.86. The second-order valence-corrected chi connectivity index (χ2v) is 8.43. The number of hydrogen-bond donors (Lipinski definition) is 3. The summed E-state index contributed by atoms with van der Waals surface area (Å²) in [6.45, 7) is 0.852. The molecule has 1 aliphatic heterocycles. The van der Waals surface area contributed by atoms with E-state index in [9.17, 15) is 14.4 Å². The molecule has 0 atom stereocenters. The quantitative estimate of drug-likeness (QED) is 0.203. The Morgan fingerprint density at radius 1 is 0.941 bits per heavy atom. The fraction of sp³-hybridized carbons (Fsp3) is 0.269. The van der Waals surface area contributed by atoms with Crippen molar-refractivity contribution in [2.45, 2.75) is 25.7 Å². The van der Waals surface area contributed by atoms with Gasteiger partial charge in [-0.1, -0.05) is 18.2 Å². The van der Waals surface area contributed by atoms with Crippen molar-refractivity contribution in [2.75, 3.05) is 20.2 Å². The Morgan fingerprint density at radius 2 is 1.62 bits per heavy atom. The third kappa shape index (κ3) is 3.81. The number of nitrogens with zero attached hydrogens (tertiary/aromatic N) is 1. The predicted molar refractivity (Wildman–Crippen MR) is 130 cm³/mol. The molecule has 8 heteroatoms. The standard InChI is InChI=1S/C26H26N4O4/c1-34-16-6-7-18-19(10-12-27-15-31)25(29-22(18)14-16)26-20(17-4-2-3-5-21(17)28-26)11-13-30-23(32)8-9-24(30)33/h2-7,14-15,28-29H,8-13H2,1H3,(H,27,31). The molecular formula is C26H26N4O4. The molecule has 5 rings (SSSR count). The molecule has 1 fully saturated rings. The van der Waals surface area contributed by atoms with Crippen molar-refractivity contribution >= 4 is 40.0 Å². The molecule has 0 aliphatic carbocycles. The molecule has 1 saturated heterocycles. The van der Waals surface area contributed by atoms with Gasteiger partial charge in [0.1, 0.15) is 5.75 Å². The summed E-state index contributed by atoms with van der Waals surface area (Å²) in [7, 11) is 1.64. The van der Waals surface area contributed by atoms with Crippen molar-refractivity contribution in [3.8, 4) is 17.1 Å². The summed E-state index contributed by atoms with van der Waals surface area (Å²) in [4.78, 5) is 43.7. The number of carbonyl (C=O) groups is 3.